The summed E-state index contributed by atoms with van der Waals surface area (Å²) in [5.74, 6) is -0.311. The third-order valence-corrected chi connectivity index (χ3v) is 6.18. The predicted molar refractivity (Wildman–Crippen MR) is 99.5 cm³/mol. The highest BCUT2D eigenvalue weighted by Gasteiger charge is 2.25. The molecule has 0 atom stereocenters. The van der Waals surface area contributed by atoms with Crippen LogP contribution in [0.25, 0.3) is 0 Å². The summed E-state index contributed by atoms with van der Waals surface area (Å²) in [5.41, 5.74) is 2.46. The van der Waals surface area contributed by atoms with E-state index in [1.165, 1.54) is 10.4 Å². The maximum atomic E-state index is 12.6. The third kappa shape index (κ3) is 3.93. The molecule has 5 heteroatoms. The van der Waals surface area contributed by atoms with Gasteiger partial charge in [0.2, 0.25) is 0 Å². The smallest absolute Gasteiger partial charge is 0.335 e. The number of thiophene rings is 1. The molecule has 0 bridgehead atoms. The van der Waals surface area contributed by atoms with E-state index in [1.54, 1.807) is 23.5 Å². The Morgan fingerprint density at radius 3 is 2.48 bits per heavy atom. The standard InChI is InChI=1S/C20H23NO3S/c1-13-11-18(25-14(13)2)19(22)21-9-7-15(8-10-21)12-16-5-3-4-6-17(16)20(23)24/h3-6,11,15H,7-10,12H2,1-2H3,(H,23,24). The summed E-state index contributed by atoms with van der Waals surface area (Å²) in [5, 5.41) is 9.31. The van der Waals surface area contributed by atoms with E-state index in [4.69, 9.17) is 0 Å². The van der Waals surface area contributed by atoms with Crippen molar-refractivity contribution in [3.05, 3.63) is 56.8 Å². The molecular weight excluding hydrogens is 334 g/mol. The van der Waals surface area contributed by atoms with Gasteiger partial charge in [0.05, 0.1) is 10.4 Å². The molecule has 1 aliphatic rings. The lowest BCUT2D eigenvalue weighted by atomic mass is 9.88. The molecule has 3 rings (SSSR count). The Bertz CT molecular complexity index is 768. The molecule has 1 aliphatic heterocycles. The van der Waals surface area contributed by atoms with Gasteiger partial charge in [0.25, 0.3) is 5.91 Å². The van der Waals surface area contributed by atoms with Crippen molar-refractivity contribution in [1.29, 1.82) is 0 Å². The highest BCUT2D eigenvalue weighted by Crippen LogP contribution is 2.27. The Balaban J connectivity index is 1.61. The number of amides is 1. The van der Waals surface area contributed by atoms with Crippen molar-refractivity contribution in [2.24, 2.45) is 5.92 Å². The molecule has 0 saturated carbocycles. The SMILES string of the molecule is Cc1cc(C(=O)N2CCC(Cc3ccccc3C(=O)O)CC2)sc1C. The van der Waals surface area contributed by atoms with Crippen molar-refractivity contribution in [2.75, 3.05) is 13.1 Å². The lowest BCUT2D eigenvalue weighted by Gasteiger charge is -2.32. The van der Waals surface area contributed by atoms with Gasteiger partial charge in [-0.2, -0.15) is 0 Å². The minimum atomic E-state index is -0.869. The molecule has 1 amide bonds. The maximum Gasteiger partial charge on any atom is 0.335 e. The quantitative estimate of drug-likeness (QED) is 0.894. The van der Waals surface area contributed by atoms with Gasteiger partial charge in [-0.3, -0.25) is 4.79 Å². The fourth-order valence-electron chi connectivity index (χ4n) is 3.39. The van der Waals surface area contributed by atoms with Crippen LogP contribution in [-0.4, -0.2) is 35.0 Å². The first kappa shape index (κ1) is 17.7. The van der Waals surface area contributed by atoms with E-state index in [9.17, 15) is 14.7 Å². The number of hydrogen-bond acceptors (Lipinski definition) is 3. The molecule has 4 nitrogen and oxygen atoms in total. The van der Waals surface area contributed by atoms with Gasteiger partial charge >= 0.3 is 5.97 Å². The molecule has 2 aromatic rings. The molecule has 1 aromatic carbocycles. The minimum absolute atomic E-state index is 0.130. The number of hydrogen-bond donors (Lipinski definition) is 1. The number of carbonyl (C=O) groups excluding carboxylic acids is 1. The second-order valence-corrected chi connectivity index (χ2v) is 8.01. The zero-order valence-corrected chi connectivity index (χ0v) is 15.4. The van der Waals surface area contributed by atoms with E-state index in [2.05, 4.69) is 0 Å². The fourth-order valence-corrected chi connectivity index (χ4v) is 4.39. The molecule has 0 spiro atoms. The topological polar surface area (TPSA) is 57.6 Å². The van der Waals surface area contributed by atoms with Crippen LogP contribution in [0.2, 0.25) is 0 Å². The largest absolute Gasteiger partial charge is 0.478 e. The Hall–Kier alpha value is -2.14. The number of carbonyl (C=O) groups is 2. The van der Waals surface area contributed by atoms with Gasteiger partial charge in [0.15, 0.2) is 0 Å². The molecule has 2 heterocycles. The Morgan fingerprint density at radius 1 is 1.20 bits per heavy atom. The summed E-state index contributed by atoms with van der Waals surface area (Å²) < 4.78 is 0. The van der Waals surface area contributed by atoms with Gasteiger partial charge in [0, 0.05) is 18.0 Å². The first-order chi connectivity index (χ1) is 12.0. The Kier molecular flexibility index (Phi) is 5.23. The van der Waals surface area contributed by atoms with E-state index in [1.807, 2.05) is 36.9 Å². The Morgan fingerprint density at radius 2 is 1.88 bits per heavy atom. The number of benzene rings is 1. The number of piperidine rings is 1. The molecule has 0 unspecified atom stereocenters. The number of rotatable bonds is 4. The second kappa shape index (κ2) is 7.40. The lowest BCUT2D eigenvalue weighted by Crippen LogP contribution is -2.38. The molecule has 1 fully saturated rings. The van der Waals surface area contributed by atoms with Gasteiger partial charge in [0.1, 0.15) is 0 Å². The summed E-state index contributed by atoms with van der Waals surface area (Å²) >= 11 is 1.57. The average molecular weight is 357 g/mol. The second-order valence-electron chi connectivity index (χ2n) is 6.75. The zero-order chi connectivity index (χ0) is 18.0. The number of carboxylic acids is 1. The maximum absolute atomic E-state index is 12.6. The van der Waals surface area contributed by atoms with Crippen LogP contribution in [0.3, 0.4) is 0 Å². The van der Waals surface area contributed by atoms with Crippen LogP contribution in [-0.2, 0) is 6.42 Å². The van der Waals surface area contributed by atoms with E-state index >= 15 is 0 Å². The summed E-state index contributed by atoms with van der Waals surface area (Å²) in [6, 6.07) is 9.20. The molecule has 1 N–H and O–H groups in total. The normalized spacial score (nSPS) is 15.4. The fraction of sp³-hybridized carbons (Fsp3) is 0.400. The van der Waals surface area contributed by atoms with E-state index < -0.39 is 5.97 Å². The molecular formula is C20H23NO3S. The highest BCUT2D eigenvalue weighted by atomic mass is 32.1. The van der Waals surface area contributed by atoms with Crippen LogP contribution in [0, 0.1) is 19.8 Å². The van der Waals surface area contributed by atoms with Crippen LogP contribution in [0.5, 0.6) is 0 Å². The van der Waals surface area contributed by atoms with Crippen LogP contribution >= 0.6 is 11.3 Å². The third-order valence-electron chi connectivity index (χ3n) is 5.03. The van der Waals surface area contributed by atoms with Crippen LogP contribution in [0.1, 0.15) is 48.9 Å². The van der Waals surface area contributed by atoms with Gasteiger partial charge in [-0.15, -0.1) is 11.3 Å². The number of nitrogens with zero attached hydrogens (tertiary/aromatic N) is 1. The average Bonchev–Trinajstić information content (AvgIpc) is 2.94. The first-order valence-electron chi connectivity index (χ1n) is 8.63. The van der Waals surface area contributed by atoms with Gasteiger partial charge in [-0.25, -0.2) is 4.79 Å². The molecule has 132 valence electrons. The van der Waals surface area contributed by atoms with E-state index in [0.29, 0.717) is 11.5 Å². The summed E-state index contributed by atoms with van der Waals surface area (Å²) in [6.07, 6.45) is 2.60. The Labute approximate surface area is 152 Å². The minimum Gasteiger partial charge on any atom is -0.478 e. The summed E-state index contributed by atoms with van der Waals surface area (Å²) in [6.45, 7) is 5.57. The van der Waals surface area contributed by atoms with Crippen LogP contribution in [0.4, 0.5) is 0 Å². The van der Waals surface area contributed by atoms with Gasteiger partial charge in [-0.1, -0.05) is 18.2 Å². The molecule has 1 saturated heterocycles. The number of carboxylic acid groups (broad SMARTS) is 1. The van der Waals surface area contributed by atoms with Gasteiger partial charge in [-0.05, 0) is 62.3 Å². The summed E-state index contributed by atoms with van der Waals surface area (Å²) in [7, 11) is 0. The molecule has 0 aliphatic carbocycles. The van der Waals surface area contributed by atoms with Gasteiger partial charge < -0.3 is 10.0 Å². The van der Waals surface area contributed by atoms with E-state index in [-0.39, 0.29) is 5.91 Å². The van der Waals surface area contributed by atoms with Crippen molar-refractivity contribution in [3.63, 3.8) is 0 Å². The van der Waals surface area contributed by atoms with Crippen molar-refractivity contribution < 1.29 is 14.7 Å². The van der Waals surface area contributed by atoms with Crippen molar-refractivity contribution >= 4 is 23.2 Å². The predicted octanol–water partition coefficient (Wildman–Crippen LogP) is 4.16. The number of aryl methyl sites for hydroxylation is 2. The number of aromatic carboxylic acids is 1. The number of likely N-dealkylation sites (tertiary alicyclic amines) is 1. The zero-order valence-electron chi connectivity index (χ0n) is 14.6. The van der Waals surface area contributed by atoms with E-state index in [0.717, 1.165) is 42.8 Å². The summed E-state index contributed by atoms with van der Waals surface area (Å²) in [4.78, 5) is 27.9. The van der Waals surface area contributed by atoms with Crippen molar-refractivity contribution in [3.8, 4) is 0 Å². The van der Waals surface area contributed by atoms with Crippen LogP contribution < -0.4 is 0 Å². The molecule has 0 radical (unpaired) electrons. The highest BCUT2D eigenvalue weighted by molar-refractivity contribution is 7.14. The first-order valence-corrected chi connectivity index (χ1v) is 9.45. The van der Waals surface area contributed by atoms with Crippen molar-refractivity contribution in [1.82, 2.24) is 4.90 Å². The van der Waals surface area contributed by atoms with Crippen LogP contribution in [0.15, 0.2) is 30.3 Å². The molecule has 1 aromatic heterocycles. The lowest BCUT2D eigenvalue weighted by molar-refractivity contribution is 0.0694. The van der Waals surface area contributed by atoms with Crippen molar-refractivity contribution in [2.45, 2.75) is 33.1 Å². The molecule has 25 heavy (non-hydrogen) atoms. The monoisotopic (exact) mass is 357 g/mol.